The molecule has 11 heavy (non-hydrogen) atoms. The third-order valence-electron chi connectivity index (χ3n) is 0.960. The molecule has 0 spiro atoms. The maximum Gasteiger partial charge on any atom is 0.380 e. The second-order valence-corrected chi connectivity index (χ2v) is 1.90. The Morgan fingerprint density at radius 1 is 1.45 bits per heavy atom. The van der Waals surface area contributed by atoms with Gasteiger partial charge < -0.3 is 5.11 Å². The molecule has 0 aromatic heterocycles. The summed E-state index contributed by atoms with van der Waals surface area (Å²) in [7, 11) is 0. The minimum Gasteiger partial charge on any atom is -0.477 e. The molecular weight excluding hydrogens is 165 g/mol. The van der Waals surface area contributed by atoms with Crippen molar-refractivity contribution >= 4 is 11.8 Å². The summed E-state index contributed by atoms with van der Waals surface area (Å²) < 4.78 is 36.1. The van der Waals surface area contributed by atoms with Crippen LogP contribution in [-0.4, -0.2) is 29.0 Å². The number of carbonyl (C=O) groups is 2. The molecule has 0 aromatic carbocycles. The van der Waals surface area contributed by atoms with Crippen molar-refractivity contribution in [1.82, 2.24) is 0 Å². The monoisotopic (exact) mass is 170 g/mol. The van der Waals surface area contributed by atoms with Gasteiger partial charge in [0.2, 0.25) is 6.17 Å². The highest BCUT2D eigenvalue weighted by atomic mass is 19.3. The smallest absolute Gasteiger partial charge is 0.380 e. The maximum atomic E-state index is 12.1. The van der Waals surface area contributed by atoms with Gasteiger partial charge in [0, 0.05) is 0 Å². The van der Waals surface area contributed by atoms with Gasteiger partial charge in [-0.05, 0) is 6.92 Å². The Morgan fingerprint density at radius 2 is 1.82 bits per heavy atom. The van der Waals surface area contributed by atoms with E-state index in [1.165, 1.54) is 0 Å². The fourth-order valence-electron chi connectivity index (χ4n) is 0.364. The summed E-state index contributed by atoms with van der Waals surface area (Å²) in [4.78, 5) is 19.6. The minimum absolute atomic E-state index is 0.557. The van der Waals surface area contributed by atoms with Crippen LogP contribution in [-0.2, 0) is 9.59 Å². The SMILES string of the molecule is CC(=O)C(F)C(F)(F)C(=O)O. The Balaban J connectivity index is 4.55. The second kappa shape index (κ2) is 2.89. The third-order valence-corrected chi connectivity index (χ3v) is 0.960. The largest absolute Gasteiger partial charge is 0.477 e. The van der Waals surface area contributed by atoms with Crippen LogP contribution in [0.5, 0.6) is 0 Å². The zero-order valence-electron chi connectivity index (χ0n) is 5.47. The number of hydrogen-bond acceptors (Lipinski definition) is 2. The molecule has 0 amide bonds. The van der Waals surface area contributed by atoms with Crippen LogP contribution < -0.4 is 0 Å². The van der Waals surface area contributed by atoms with Crippen LogP contribution in [0.4, 0.5) is 13.2 Å². The van der Waals surface area contributed by atoms with Gasteiger partial charge in [0.15, 0.2) is 5.78 Å². The number of hydrogen-bond donors (Lipinski definition) is 1. The molecule has 1 unspecified atom stereocenters. The first kappa shape index (κ1) is 9.93. The molecule has 0 saturated carbocycles. The van der Waals surface area contributed by atoms with Gasteiger partial charge in [-0.1, -0.05) is 0 Å². The Hall–Kier alpha value is -1.07. The van der Waals surface area contributed by atoms with Crippen LogP contribution >= 0.6 is 0 Å². The molecule has 0 radical (unpaired) electrons. The van der Waals surface area contributed by atoms with Gasteiger partial charge in [0.1, 0.15) is 0 Å². The molecule has 0 fully saturated rings. The maximum absolute atomic E-state index is 12.1. The van der Waals surface area contributed by atoms with Crippen molar-refractivity contribution in [2.45, 2.75) is 19.0 Å². The predicted octanol–water partition coefficient (Wildman–Crippen LogP) is 0.633. The molecule has 0 bridgehead atoms. The fourth-order valence-corrected chi connectivity index (χ4v) is 0.364. The summed E-state index contributed by atoms with van der Waals surface area (Å²) in [6, 6.07) is 0. The molecule has 0 saturated heterocycles. The van der Waals surface area contributed by atoms with Crippen molar-refractivity contribution in [1.29, 1.82) is 0 Å². The Labute approximate surface area is 59.8 Å². The van der Waals surface area contributed by atoms with Crippen LogP contribution in [0.1, 0.15) is 6.92 Å². The number of carboxylic acids is 1. The first-order chi connectivity index (χ1) is 4.80. The van der Waals surface area contributed by atoms with Gasteiger partial charge in [-0.25, -0.2) is 9.18 Å². The molecule has 1 atom stereocenters. The van der Waals surface area contributed by atoms with E-state index in [2.05, 4.69) is 0 Å². The summed E-state index contributed by atoms with van der Waals surface area (Å²) in [5.74, 6) is -8.76. The Kier molecular flexibility index (Phi) is 2.61. The average Bonchev–Trinajstić information content (AvgIpc) is 1.85. The lowest BCUT2D eigenvalue weighted by atomic mass is 10.1. The lowest BCUT2D eigenvalue weighted by molar-refractivity contribution is -0.177. The summed E-state index contributed by atoms with van der Waals surface area (Å²) in [5, 5.41) is 7.72. The summed E-state index contributed by atoms with van der Waals surface area (Å²) >= 11 is 0. The number of aliphatic carboxylic acids is 1. The van der Waals surface area contributed by atoms with E-state index >= 15 is 0 Å². The number of carboxylic acid groups (broad SMARTS) is 1. The summed E-state index contributed by atoms with van der Waals surface area (Å²) in [6.45, 7) is 0.557. The molecule has 0 heterocycles. The standard InChI is InChI=1S/C5H5F3O3/c1-2(9)3(6)5(7,8)4(10)11/h3H,1H3,(H,10,11). The molecule has 0 aliphatic rings. The first-order valence-corrected chi connectivity index (χ1v) is 2.56. The van der Waals surface area contributed by atoms with E-state index in [1.54, 1.807) is 0 Å². The van der Waals surface area contributed by atoms with E-state index in [0.29, 0.717) is 6.92 Å². The lowest BCUT2D eigenvalue weighted by Crippen LogP contribution is -2.42. The Bertz CT molecular complexity index is 189. The van der Waals surface area contributed by atoms with Gasteiger partial charge in [0.05, 0.1) is 0 Å². The van der Waals surface area contributed by atoms with Crippen LogP contribution in [0.3, 0.4) is 0 Å². The van der Waals surface area contributed by atoms with Crippen molar-refractivity contribution in [2.24, 2.45) is 0 Å². The zero-order chi connectivity index (χ0) is 9.23. The molecule has 0 aliphatic carbocycles. The summed E-state index contributed by atoms with van der Waals surface area (Å²) in [6.07, 6.45) is -3.26. The molecule has 1 N–H and O–H groups in total. The quantitative estimate of drug-likeness (QED) is 0.675. The number of ketones is 1. The van der Waals surface area contributed by atoms with Crippen molar-refractivity contribution in [3.05, 3.63) is 0 Å². The van der Waals surface area contributed by atoms with Gasteiger partial charge >= 0.3 is 11.9 Å². The predicted molar refractivity (Wildman–Crippen MR) is 28.2 cm³/mol. The van der Waals surface area contributed by atoms with Crippen LogP contribution in [0, 0.1) is 0 Å². The topological polar surface area (TPSA) is 54.4 Å². The number of halogens is 3. The molecule has 6 heteroatoms. The molecule has 0 aliphatic heterocycles. The Morgan fingerprint density at radius 3 is 1.91 bits per heavy atom. The number of Topliss-reactive ketones (excluding diaryl/α,β-unsaturated/α-hetero) is 1. The van der Waals surface area contributed by atoms with Crippen molar-refractivity contribution in [3.63, 3.8) is 0 Å². The van der Waals surface area contributed by atoms with E-state index in [1.807, 2.05) is 0 Å². The highest BCUT2D eigenvalue weighted by molar-refractivity contribution is 5.89. The highest BCUT2D eigenvalue weighted by Crippen LogP contribution is 2.22. The van der Waals surface area contributed by atoms with Crippen molar-refractivity contribution in [2.75, 3.05) is 0 Å². The van der Waals surface area contributed by atoms with E-state index in [-0.39, 0.29) is 0 Å². The molecule has 0 aromatic rings. The zero-order valence-corrected chi connectivity index (χ0v) is 5.47. The second-order valence-electron chi connectivity index (χ2n) is 1.90. The number of rotatable bonds is 3. The van der Waals surface area contributed by atoms with E-state index in [0.717, 1.165) is 0 Å². The highest BCUT2D eigenvalue weighted by Gasteiger charge is 2.50. The van der Waals surface area contributed by atoms with E-state index < -0.39 is 23.8 Å². The van der Waals surface area contributed by atoms with Crippen molar-refractivity contribution < 1.29 is 27.9 Å². The molecular formula is C5H5F3O3. The van der Waals surface area contributed by atoms with Crippen LogP contribution in [0.15, 0.2) is 0 Å². The van der Waals surface area contributed by atoms with Crippen molar-refractivity contribution in [3.8, 4) is 0 Å². The van der Waals surface area contributed by atoms with Gasteiger partial charge in [-0.2, -0.15) is 8.78 Å². The molecule has 0 rings (SSSR count). The fraction of sp³-hybridized carbons (Fsp3) is 0.600. The van der Waals surface area contributed by atoms with Crippen LogP contribution in [0.25, 0.3) is 0 Å². The van der Waals surface area contributed by atoms with E-state index in [4.69, 9.17) is 5.11 Å². The van der Waals surface area contributed by atoms with Crippen LogP contribution in [0.2, 0.25) is 0 Å². The minimum atomic E-state index is -4.62. The summed E-state index contributed by atoms with van der Waals surface area (Å²) in [5.41, 5.74) is 0. The third kappa shape index (κ3) is 1.92. The number of alkyl halides is 3. The average molecular weight is 170 g/mol. The lowest BCUT2D eigenvalue weighted by Gasteiger charge is -2.12. The normalized spacial score (nSPS) is 14.2. The molecule has 3 nitrogen and oxygen atoms in total. The molecule has 64 valence electrons. The van der Waals surface area contributed by atoms with Gasteiger partial charge in [-0.15, -0.1) is 0 Å². The van der Waals surface area contributed by atoms with Gasteiger partial charge in [-0.3, -0.25) is 4.79 Å². The first-order valence-electron chi connectivity index (χ1n) is 2.56. The number of carbonyl (C=O) groups excluding carboxylic acids is 1. The van der Waals surface area contributed by atoms with E-state index in [9.17, 15) is 22.8 Å². The van der Waals surface area contributed by atoms with Gasteiger partial charge in [0.25, 0.3) is 0 Å².